The first-order chi connectivity index (χ1) is 9.61. The van der Waals surface area contributed by atoms with Crippen LogP contribution in [0.25, 0.3) is 0 Å². The lowest BCUT2D eigenvalue weighted by molar-refractivity contribution is 0.240. The Balaban J connectivity index is 2.23. The van der Waals surface area contributed by atoms with Crippen LogP contribution < -0.4 is 15.5 Å². The Hall–Kier alpha value is -2.08. The van der Waals surface area contributed by atoms with Crippen LogP contribution in [0.3, 0.4) is 0 Å². The first-order valence-electron chi connectivity index (χ1n) is 6.47. The molecule has 6 nitrogen and oxygen atoms in total. The fourth-order valence-corrected chi connectivity index (χ4v) is 1.49. The van der Waals surface area contributed by atoms with Crippen molar-refractivity contribution in [3.05, 3.63) is 29.8 Å². The molecule has 2 N–H and O–H groups in total. The largest absolute Gasteiger partial charge is 0.497 e. The Bertz CT molecular complexity index is 429. The van der Waals surface area contributed by atoms with Gasteiger partial charge in [-0.1, -0.05) is 0 Å². The van der Waals surface area contributed by atoms with Crippen LogP contribution in [0.5, 0.6) is 5.75 Å². The minimum absolute atomic E-state index is 0.298. The van der Waals surface area contributed by atoms with E-state index >= 15 is 0 Å². The quantitative estimate of drug-likeness (QED) is 0.448. The summed E-state index contributed by atoms with van der Waals surface area (Å²) in [6.07, 6.45) is 2.49. The van der Waals surface area contributed by atoms with Gasteiger partial charge in [0.05, 0.1) is 13.3 Å². The third kappa shape index (κ3) is 6.75. The average Bonchev–Trinajstić information content (AvgIpc) is 2.44. The Morgan fingerprint density at radius 2 is 2.05 bits per heavy atom. The van der Waals surface area contributed by atoms with Crippen LogP contribution in [0.1, 0.15) is 12.0 Å². The molecule has 1 rings (SSSR count). The van der Waals surface area contributed by atoms with Crippen molar-refractivity contribution < 1.29 is 9.53 Å². The van der Waals surface area contributed by atoms with E-state index in [1.54, 1.807) is 13.3 Å². The van der Waals surface area contributed by atoms with Crippen molar-refractivity contribution >= 4 is 12.2 Å². The van der Waals surface area contributed by atoms with Crippen LogP contribution in [0.2, 0.25) is 0 Å². The molecule has 0 saturated heterocycles. The van der Waals surface area contributed by atoms with Crippen molar-refractivity contribution in [2.45, 2.75) is 6.42 Å². The summed E-state index contributed by atoms with van der Waals surface area (Å²) >= 11 is 0. The number of hydrazone groups is 1. The predicted molar refractivity (Wildman–Crippen MR) is 80.3 cm³/mol. The van der Waals surface area contributed by atoms with Gasteiger partial charge in [0, 0.05) is 6.54 Å². The summed E-state index contributed by atoms with van der Waals surface area (Å²) < 4.78 is 5.06. The number of ether oxygens (including phenoxy) is 1. The third-order valence-electron chi connectivity index (χ3n) is 2.56. The highest BCUT2D eigenvalue weighted by molar-refractivity contribution is 5.81. The molecular formula is C14H22N4O2. The maximum Gasteiger partial charge on any atom is 0.335 e. The van der Waals surface area contributed by atoms with Crippen molar-refractivity contribution in [1.29, 1.82) is 0 Å². The molecule has 110 valence electrons. The zero-order valence-corrected chi connectivity index (χ0v) is 12.2. The van der Waals surface area contributed by atoms with Gasteiger partial charge in [-0.25, -0.2) is 10.2 Å². The monoisotopic (exact) mass is 278 g/mol. The zero-order chi connectivity index (χ0) is 14.8. The Morgan fingerprint density at radius 1 is 1.35 bits per heavy atom. The third-order valence-corrected chi connectivity index (χ3v) is 2.56. The second kappa shape index (κ2) is 8.92. The van der Waals surface area contributed by atoms with Gasteiger partial charge in [0.25, 0.3) is 0 Å². The number of hydrogen-bond donors (Lipinski definition) is 2. The summed E-state index contributed by atoms with van der Waals surface area (Å²) in [7, 11) is 5.61. The maximum absolute atomic E-state index is 11.4. The fourth-order valence-electron chi connectivity index (χ4n) is 1.49. The minimum Gasteiger partial charge on any atom is -0.497 e. The first kappa shape index (κ1) is 16.0. The fraction of sp³-hybridized carbons (Fsp3) is 0.429. The van der Waals surface area contributed by atoms with Crippen molar-refractivity contribution in [2.75, 3.05) is 34.3 Å². The Morgan fingerprint density at radius 3 is 2.65 bits per heavy atom. The maximum atomic E-state index is 11.4. The number of carbonyl (C=O) groups is 1. The van der Waals surface area contributed by atoms with Crippen molar-refractivity contribution in [2.24, 2.45) is 5.10 Å². The molecule has 0 atom stereocenters. The van der Waals surface area contributed by atoms with E-state index in [2.05, 4.69) is 20.7 Å². The standard InChI is InChI=1S/C14H22N4O2/c1-18(2)10-4-9-15-14(19)17-16-11-12-5-7-13(20-3)8-6-12/h5-8,11H,4,9-10H2,1-3H3,(H2,15,17,19)/b16-11+. The topological polar surface area (TPSA) is 66.0 Å². The Labute approximate surface area is 119 Å². The lowest BCUT2D eigenvalue weighted by Crippen LogP contribution is -2.34. The van der Waals surface area contributed by atoms with Gasteiger partial charge in [0.15, 0.2) is 0 Å². The molecule has 0 saturated carbocycles. The number of benzene rings is 1. The summed E-state index contributed by atoms with van der Waals surface area (Å²) in [5, 5.41) is 6.60. The van der Waals surface area contributed by atoms with Gasteiger partial charge in [-0.2, -0.15) is 5.10 Å². The number of nitrogens with zero attached hydrogens (tertiary/aromatic N) is 2. The highest BCUT2D eigenvalue weighted by Gasteiger charge is 1.97. The molecule has 0 bridgehead atoms. The van der Waals surface area contributed by atoms with Gasteiger partial charge in [-0.05, 0) is 56.9 Å². The van der Waals surface area contributed by atoms with Gasteiger partial charge >= 0.3 is 6.03 Å². The Kier molecular flexibility index (Phi) is 7.13. The van der Waals surface area contributed by atoms with Crippen LogP contribution >= 0.6 is 0 Å². The van der Waals surface area contributed by atoms with E-state index in [1.165, 1.54) is 0 Å². The summed E-state index contributed by atoms with van der Waals surface area (Å²) in [6, 6.07) is 7.09. The van der Waals surface area contributed by atoms with Crippen molar-refractivity contribution in [3.8, 4) is 5.75 Å². The second-order valence-corrected chi connectivity index (χ2v) is 4.56. The molecule has 0 fully saturated rings. The van der Waals surface area contributed by atoms with Gasteiger partial charge in [0.1, 0.15) is 5.75 Å². The molecule has 2 amide bonds. The van der Waals surface area contributed by atoms with Gasteiger partial charge in [-0.15, -0.1) is 0 Å². The van der Waals surface area contributed by atoms with E-state index in [0.717, 1.165) is 24.3 Å². The van der Waals surface area contributed by atoms with Gasteiger partial charge < -0.3 is 15.0 Å². The number of carbonyl (C=O) groups excluding carboxylic acids is 1. The van der Waals surface area contributed by atoms with E-state index < -0.39 is 0 Å². The number of amides is 2. The van der Waals surface area contributed by atoms with Crippen LogP contribution in [0, 0.1) is 0 Å². The molecule has 20 heavy (non-hydrogen) atoms. The number of hydrogen-bond acceptors (Lipinski definition) is 4. The minimum atomic E-state index is -0.298. The number of nitrogens with one attached hydrogen (secondary N) is 2. The lowest BCUT2D eigenvalue weighted by atomic mass is 10.2. The summed E-state index contributed by atoms with van der Waals surface area (Å²) in [4.78, 5) is 13.5. The molecule has 1 aromatic carbocycles. The van der Waals surface area contributed by atoms with Gasteiger partial charge in [0.2, 0.25) is 0 Å². The molecule has 0 aliphatic heterocycles. The smallest absolute Gasteiger partial charge is 0.335 e. The SMILES string of the molecule is COc1ccc(/C=N/NC(=O)NCCCN(C)C)cc1. The number of methoxy groups -OCH3 is 1. The average molecular weight is 278 g/mol. The molecule has 0 heterocycles. The highest BCUT2D eigenvalue weighted by Crippen LogP contribution is 2.09. The van der Waals surface area contributed by atoms with Gasteiger partial charge in [-0.3, -0.25) is 0 Å². The summed E-state index contributed by atoms with van der Waals surface area (Å²) in [6.45, 7) is 1.57. The van der Waals surface area contributed by atoms with E-state index in [0.29, 0.717) is 6.54 Å². The predicted octanol–water partition coefficient (Wildman–Crippen LogP) is 1.28. The molecule has 0 radical (unpaired) electrons. The van der Waals surface area contributed by atoms with Crippen LogP contribution in [-0.4, -0.2) is 51.4 Å². The number of urea groups is 1. The number of rotatable bonds is 7. The van der Waals surface area contributed by atoms with Crippen LogP contribution in [-0.2, 0) is 0 Å². The lowest BCUT2D eigenvalue weighted by Gasteiger charge is -2.09. The molecule has 1 aromatic rings. The molecule has 0 spiro atoms. The first-order valence-corrected chi connectivity index (χ1v) is 6.47. The van der Waals surface area contributed by atoms with E-state index in [1.807, 2.05) is 38.4 Å². The van der Waals surface area contributed by atoms with E-state index in [-0.39, 0.29) is 6.03 Å². The summed E-state index contributed by atoms with van der Waals surface area (Å²) in [5.74, 6) is 0.786. The normalized spacial score (nSPS) is 10.8. The zero-order valence-electron chi connectivity index (χ0n) is 12.2. The van der Waals surface area contributed by atoms with E-state index in [9.17, 15) is 4.79 Å². The molecule has 0 aromatic heterocycles. The summed E-state index contributed by atoms with van der Waals surface area (Å²) in [5.41, 5.74) is 3.31. The molecule has 0 aliphatic carbocycles. The van der Waals surface area contributed by atoms with Crippen LogP contribution in [0.4, 0.5) is 4.79 Å². The second-order valence-electron chi connectivity index (χ2n) is 4.56. The molecule has 6 heteroatoms. The highest BCUT2D eigenvalue weighted by atomic mass is 16.5. The molecular weight excluding hydrogens is 256 g/mol. The van der Waals surface area contributed by atoms with Crippen molar-refractivity contribution in [3.63, 3.8) is 0 Å². The van der Waals surface area contributed by atoms with E-state index in [4.69, 9.17) is 4.74 Å². The molecule has 0 aliphatic rings. The van der Waals surface area contributed by atoms with Crippen molar-refractivity contribution in [1.82, 2.24) is 15.6 Å². The molecule has 0 unspecified atom stereocenters. The van der Waals surface area contributed by atoms with Crippen LogP contribution in [0.15, 0.2) is 29.4 Å².